The number of carbonyl (C=O) groups is 1. The van der Waals surface area contributed by atoms with Gasteiger partial charge in [-0.1, -0.05) is 49.5 Å². The summed E-state index contributed by atoms with van der Waals surface area (Å²) in [6.45, 7) is 1.59. The maximum absolute atomic E-state index is 11.8. The predicted molar refractivity (Wildman–Crippen MR) is 91.9 cm³/mol. The van der Waals surface area contributed by atoms with Crippen LogP contribution in [-0.4, -0.2) is 11.1 Å². The molecule has 3 nitrogen and oxygen atoms in total. The predicted octanol–water partition coefficient (Wildman–Crippen LogP) is 5.28. The molecule has 0 radical (unpaired) electrons. The number of nitrogens with one attached hydrogen (secondary N) is 1. The van der Waals surface area contributed by atoms with Gasteiger partial charge < -0.3 is 10.4 Å². The molecule has 2 aromatic carbocycles. The lowest BCUT2D eigenvalue weighted by molar-refractivity contribution is -0.142. The van der Waals surface area contributed by atoms with Gasteiger partial charge in [-0.15, -0.1) is 0 Å². The third-order valence-electron chi connectivity index (χ3n) is 3.14. The van der Waals surface area contributed by atoms with E-state index in [0.717, 1.165) is 8.95 Å². The Hall–Kier alpha value is -1.04. The smallest absolute Gasteiger partial charge is 0.333 e. The third kappa shape index (κ3) is 3.59. The van der Waals surface area contributed by atoms with Gasteiger partial charge in [0, 0.05) is 25.2 Å². The van der Waals surface area contributed by atoms with Gasteiger partial charge in [-0.2, -0.15) is 0 Å². The Morgan fingerprint density at radius 2 is 1.71 bits per heavy atom. The summed E-state index contributed by atoms with van der Waals surface area (Å²) in [5.41, 5.74) is -0.129. The van der Waals surface area contributed by atoms with Crippen LogP contribution in [0.4, 0.5) is 5.69 Å². The van der Waals surface area contributed by atoms with E-state index in [-0.39, 0.29) is 0 Å². The van der Waals surface area contributed by atoms with Crippen LogP contribution in [0, 0.1) is 0 Å². The molecule has 21 heavy (non-hydrogen) atoms. The van der Waals surface area contributed by atoms with Gasteiger partial charge >= 0.3 is 5.97 Å². The Balaban J connectivity index is 2.45. The highest BCUT2D eigenvalue weighted by atomic mass is 79.9. The molecule has 0 saturated heterocycles. The van der Waals surface area contributed by atoms with Gasteiger partial charge in [-0.25, -0.2) is 4.79 Å². The monoisotopic (exact) mass is 431 g/mol. The molecule has 6 heteroatoms. The molecule has 0 aromatic heterocycles. The summed E-state index contributed by atoms with van der Waals surface area (Å²) in [5.74, 6) is -1.00. The molecule has 0 amide bonds. The van der Waals surface area contributed by atoms with E-state index in [1.54, 1.807) is 37.3 Å². The van der Waals surface area contributed by atoms with Gasteiger partial charge in [0.25, 0.3) is 0 Å². The molecule has 2 aromatic rings. The van der Waals surface area contributed by atoms with E-state index in [1.807, 2.05) is 12.1 Å². The second-order valence-electron chi connectivity index (χ2n) is 4.69. The first-order valence-electron chi connectivity index (χ1n) is 6.05. The average molecular weight is 434 g/mol. The molecule has 1 unspecified atom stereocenters. The quantitative estimate of drug-likeness (QED) is 0.690. The number of hydrogen-bond acceptors (Lipinski definition) is 2. The number of anilines is 1. The van der Waals surface area contributed by atoms with E-state index < -0.39 is 11.5 Å². The lowest BCUT2D eigenvalue weighted by Gasteiger charge is -2.29. The fourth-order valence-electron chi connectivity index (χ4n) is 1.95. The molecule has 0 aliphatic carbocycles. The number of carboxylic acids is 1. The van der Waals surface area contributed by atoms with Crippen molar-refractivity contribution in [2.24, 2.45) is 0 Å². The van der Waals surface area contributed by atoms with Crippen LogP contribution >= 0.6 is 43.5 Å². The topological polar surface area (TPSA) is 49.3 Å². The minimum absolute atomic E-state index is 0.388. The highest BCUT2D eigenvalue weighted by Gasteiger charge is 2.37. The van der Waals surface area contributed by atoms with Crippen molar-refractivity contribution in [3.8, 4) is 0 Å². The fourth-order valence-corrected chi connectivity index (χ4v) is 3.08. The zero-order valence-electron chi connectivity index (χ0n) is 11.0. The summed E-state index contributed by atoms with van der Waals surface area (Å²) in [6, 6.07) is 12.4. The Kier molecular flexibility index (Phi) is 4.96. The van der Waals surface area contributed by atoms with Crippen molar-refractivity contribution in [2.45, 2.75) is 12.5 Å². The first-order chi connectivity index (χ1) is 9.83. The first kappa shape index (κ1) is 16.3. The van der Waals surface area contributed by atoms with Gasteiger partial charge in [-0.3, -0.25) is 0 Å². The summed E-state index contributed by atoms with van der Waals surface area (Å²) >= 11 is 12.9. The number of aliphatic carboxylic acids is 1. The van der Waals surface area contributed by atoms with Crippen molar-refractivity contribution in [3.05, 3.63) is 62.0 Å². The van der Waals surface area contributed by atoms with Gasteiger partial charge in [0.2, 0.25) is 0 Å². The van der Waals surface area contributed by atoms with E-state index >= 15 is 0 Å². The minimum Gasteiger partial charge on any atom is -0.479 e. The molecule has 0 saturated carbocycles. The van der Waals surface area contributed by atoms with Crippen molar-refractivity contribution in [3.63, 3.8) is 0 Å². The van der Waals surface area contributed by atoms with Crippen LogP contribution in [0.2, 0.25) is 5.02 Å². The van der Waals surface area contributed by atoms with E-state index in [9.17, 15) is 9.90 Å². The number of benzene rings is 2. The zero-order valence-corrected chi connectivity index (χ0v) is 15.0. The number of hydrogen-bond donors (Lipinski definition) is 2. The molecular formula is C15H12Br2ClNO2. The highest BCUT2D eigenvalue weighted by molar-refractivity contribution is 9.10. The first-order valence-corrected chi connectivity index (χ1v) is 8.02. The molecule has 0 aliphatic rings. The molecular weight excluding hydrogens is 421 g/mol. The molecule has 0 bridgehead atoms. The van der Waals surface area contributed by atoms with Crippen molar-refractivity contribution in [1.82, 2.24) is 0 Å². The maximum atomic E-state index is 11.8. The molecule has 2 N–H and O–H groups in total. The molecule has 1 atom stereocenters. The van der Waals surface area contributed by atoms with E-state index in [4.69, 9.17) is 11.6 Å². The second-order valence-corrected chi connectivity index (χ2v) is 6.92. The van der Waals surface area contributed by atoms with E-state index in [2.05, 4.69) is 37.2 Å². The molecule has 110 valence electrons. The number of halogens is 3. The Bertz CT molecular complexity index is 676. The average Bonchev–Trinajstić information content (AvgIpc) is 2.41. The summed E-state index contributed by atoms with van der Waals surface area (Å²) in [7, 11) is 0. The highest BCUT2D eigenvalue weighted by Crippen LogP contribution is 2.33. The second kappa shape index (κ2) is 6.38. The molecule has 0 spiro atoms. The van der Waals surface area contributed by atoms with E-state index in [1.165, 1.54) is 0 Å². The maximum Gasteiger partial charge on any atom is 0.333 e. The Labute approximate surface area is 144 Å². The molecule has 0 fully saturated rings. The lowest BCUT2D eigenvalue weighted by atomic mass is 9.91. The van der Waals surface area contributed by atoms with Crippen molar-refractivity contribution in [2.75, 3.05) is 5.32 Å². The van der Waals surface area contributed by atoms with Gasteiger partial charge in [0.1, 0.15) is 0 Å². The minimum atomic E-state index is -1.33. The van der Waals surface area contributed by atoms with Gasteiger partial charge in [0.15, 0.2) is 5.54 Å². The van der Waals surface area contributed by atoms with Crippen LogP contribution in [0.15, 0.2) is 51.4 Å². The van der Waals surface area contributed by atoms with Crippen LogP contribution in [0.3, 0.4) is 0 Å². The fraction of sp³-hybridized carbons (Fsp3) is 0.133. The van der Waals surface area contributed by atoms with Gasteiger partial charge in [0.05, 0.1) is 0 Å². The van der Waals surface area contributed by atoms with Gasteiger partial charge in [-0.05, 0) is 43.3 Å². The normalized spacial score (nSPS) is 13.5. The summed E-state index contributed by atoms with van der Waals surface area (Å²) in [4.78, 5) is 11.8. The molecule has 0 heterocycles. The summed E-state index contributed by atoms with van der Waals surface area (Å²) in [5, 5.41) is 13.1. The summed E-state index contributed by atoms with van der Waals surface area (Å²) < 4.78 is 1.72. The van der Waals surface area contributed by atoms with Crippen molar-refractivity contribution >= 4 is 55.1 Å². The number of carboxylic acid groups (broad SMARTS) is 1. The number of rotatable bonds is 4. The van der Waals surface area contributed by atoms with Crippen molar-refractivity contribution < 1.29 is 9.90 Å². The van der Waals surface area contributed by atoms with Crippen molar-refractivity contribution in [1.29, 1.82) is 0 Å². The van der Waals surface area contributed by atoms with Crippen LogP contribution in [-0.2, 0) is 10.3 Å². The summed E-state index contributed by atoms with van der Waals surface area (Å²) in [6.07, 6.45) is 0. The van der Waals surface area contributed by atoms with Crippen LogP contribution in [0.5, 0.6) is 0 Å². The van der Waals surface area contributed by atoms with Crippen LogP contribution in [0.1, 0.15) is 12.5 Å². The van der Waals surface area contributed by atoms with Crippen LogP contribution < -0.4 is 5.32 Å². The Morgan fingerprint density at radius 3 is 2.24 bits per heavy atom. The molecule has 0 aliphatic heterocycles. The third-order valence-corrected chi connectivity index (χ3v) is 4.47. The lowest BCUT2D eigenvalue weighted by Crippen LogP contribution is -2.40. The van der Waals surface area contributed by atoms with Crippen LogP contribution in [0.25, 0.3) is 0 Å². The SMILES string of the molecule is CC(Nc1ccc(Br)cc1)(C(=O)O)c1ccc(Br)cc1Cl. The molecule has 2 rings (SSSR count). The Morgan fingerprint density at radius 1 is 1.14 bits per heavy atom. The zero-order chi connectivity index (χ0) is 15.6. The van der Waals surface area contributed by atoms with E-state index in [0.29, 0.717) is 16.3 Å². The standard InChI is InChI=1S/C15H12Br2ClNO2/c1-15(14(20)21,12-7-4-10(17)8-13(12)18)19-11-5-2-9(16)3-6-11/h2-8,19H,1H3,(H,20,21). The largest absolute Gasteiger partial charge is 0.479 e.